The van der Waals surface area contributed by atoms with Gasteiger partial charge in [-0.1, -0.05) is 308 Å². The Labute approximate surface area is 767 Å². The summed E-state index contributed by atoms with van der Waals surface area (Å²) < 4.78 is 82.4. The lowest BCUT2D eigenvalue weighted by molar-refractivity contribution is 0.590. The monoisotopic (exact) mass is 1680 g/mol. The Kier molecular flexibility index (Phi) is 15.4. The summed E-state index contributed by atoms with van der Waals surface area (Å²) in [5.74, 6) is 0. The van der Waals surface area contributed by atoms with Crippen LogP contribution in [0.15, 0.2) is 418 Å². The number of aromatic nitrogens is 4. The van der Waals surface area contributed by atoms with Crippen LogP contribution < -0.4 is 26.2 Å². The highest BCUT2D eigenvalue weighted by molar-refractivity contribution is 7.25. The summed E-state index contributed by atoms with van der Waals surface area (Å²) in [5, 5.41) is 10.4. The highest BCUT2D eigenvalue weighted by Crippen LogP contribution is 2.57. The third-order valence-corrected chi connectivity index (χ3v) is 28.6. The van der Waals surface area contributed by atoms with E-state index in [0.717, 1.165) is 192 Å². The summed E-state index contributed by atoms with van der Waals surface area (Å²) in [4.78, 5) is 4.60. The van der Waals surface area contributed by atoms with Crippen molar-refractivity contribution in [2.24, 2.45) is 0 Å². The first kappa shape index (κ1) is 69.5. The van der Waals surface area contributed by atoms with Crippen molar-refractivity contribution in [2.75, 3.05) is 9.80 Å². The molecule has 8 heteroatoms. The van der Waals surface area contributed by atoms with Gasteiger partial charge >= 0.3 is 0 Å². The molecule has 0 spiro atoms. The van der Waals surface area contributed by atoms with Gasteiger partial charge in [0.15, 0.2) is 0 Å². The molecule has 24 aromatic rings. The van der Waals surface area contributed by atoms with E-state index in [1.54, 1.807) is 11.3 Å². The zero-order chi connectivity index (χ0) is 91.7. The maximum absolute atomic E-state index is 12.3. The number of para-hydroxylation sites is 6. The molecule has 0 bridgehead atoms. The average Bonchev–Trinajstić information content (AvgIpc) is 1.63. The molecule has 6 nitrogen and oxygen atoms in total. The molecular weight excluding hydrogens is 1590 g/mol. The average molecular weight is 1690 g/mol. The Morgan fingerprint density at radius 2 is 0.546 bits per heavy atom. The topological polar surface area (TPSA) is 26.2 Å². The van der Waals surface area contributed by atoms with Crippen LogP contribution in [-0.4, -0.2) is 25.0 Å². The Morgan fingerprint density at radius 1 is 0.238 bits per heavy atom. The minimum Gasteiger partial charge on any atom is -0.310 e. The fraction of sp³-hybridized carbons (Fsp3) is 0.0656. The summed E-state index contributed by atoms with van der Waals surface area (Å²) in [7, 11) is 0. The minimum atomic E-state index is -1.23. The van der Waals surface area contributed by atoms with Gasteiger partial charge in [0.25, 0.3) is 6.71 Å². The van der Waals surface area contributed by atoms with Gasteiger partial charge in [-0.2, -0.15) is 0 Å². The molecule has 0 N–H and O–H groups in total. The van der Waals surface area contributed by atoms with Crippen molar-refractivity contribution in [1.82, 2.24) is 18.3 Å². The van der Waals surface area contributed by atoms with Crippen molar-refractivity contribution in [2.45, 2.75) is 52.4 Å². The van der Waals surface area contributed by atoms with E-state index in [2.05, 4.69) is 440 Å². The Morgan fingerprint density at radius 3 is 0.908 bits per heavy atom. The lowest BCUT2D eigenvalue weighted by Gasteiger charge is -2.46. The minimum absolute atomic E-state index is 0.0304. The van der Waals surface area contributed by atoms with Gasteiger partial charge < -0.3 is 28.1 Å². The molecule has 130 heavy (non-hydrogen) atoms. The number of anilines is 6. The molecule has 2 aliphatic heterocycles. The molecule has 0 saturated carbocycles. The van der Waals surface area contributed by atoms with E-state index < -0.39 is 17.5 Å². The van der Waals surface area contributed by atoms with E-state index in [4.69, 9.17) is 0 Å². The predicted molar refractivity (Wildman–Crippen MR) is 555 cm³/mol. The lowest BCUT2D eigenvalue weighted by Crippen LogP contribution is -2.61. The lowest BCUT2D eigenvalue weighted by atomic mass is 9.33. The maximum atomic E-state index is 12.3. The summed E-state index contributed by atoms with van der Waals surface area (Å²) in [6.45, 7) is 12.3. The number of benzene rings is 19. The fourth-order valence-corrected chi connectivity index (χ4v) is 22.4. The van der Waals surface area contributed by atoms with E-state index in [-0.39, 0.29) is 47.6 Å². The second-order valence-corrected chi connectivity index (χ2v) is 38.0. The smallest absolute Gasteiger partial charge is 0.252 e. The highest BCUT2D eigenvalue weighted by Gasteiger charge is 2.47. The van der Waals surface area contributed by atoms with Crippen LogP contribution in [0.25, 0.3) is 186 Å². The van der Waals surface area contributed by atoms with Crippen molar-refractivity contribution in [3.63, 3.8) is 0 Å². The molecule has 0 fully saturated rings. The summed E-state index contributed by atoms with van der Waals surface area (Å²) in [5.41, 5.74) is 24.4. The molecule has 5 aromatic heterocycles. The second-order valence-electron chi connectivity index (χ2n) is 37.0. The van der Waals surface area contributed by atoms with Crippen LogP contribution >= 0.6 is 11.3 Å². The van der Waals surface area contributed by atoms with Crippen LogP contribution in [-0.2, 0) is 10.8 Å². The van der Waals surface area contributed by atoms with Crippen molar-refractivity contribution in [1.29, 1.82) is 0 Å². The van der Waals surface area contributed by atoms with Gasteiger partial charge in [0.1, 0.15) is 0 Å². The number of nitrogens with zero attached hydrogens (tertiary/aromatic N) is 6. The van der Waals surface area contributed by atoms with Crippen LogP contribution in [0.1, 0.15) is 60.9 Å². The standard InChI is InChI=1S/C122H87BN6S/c1-121(2,3)82-68-95(76-33-11-7-12-34-76)119(96(69-82)77-35-13-8-14-36-77)128-112-74-86(126-108-52-30-23-45-92(108)99-72-84(58-62-110(99)126)124-104-48-26-19-41-88(104)89-42-20-27-49-105(89)124)56-60-102(112)123-103-61-57-87(127-109-53-31-24-46-93(109)100-73-85(59-63-111(100)127)125-106-50-28-21-43-90(106)91-44-22-29-51-107(91)125)75-113(103)129(115-67-81(66-114(128)118(115)123)80-55-64-117-101(65-80)94-47-25-32-54-116(94)130-117)120-97(78-37-15-9-16-38-78)70-83(122(4,5)6)71-98(120)79-39-17-10-18-40-79/h7-75H,1-6H3/i56D,57D,60D,61D,74D,75D. The first-order valence-corrected chi connectivity index (χ1v) is 45.7. The molecule has 0 unspecified atom stereocenters. The molecule has 0 atom stereocenters. The maximum Gasteiger partial charge on any atom is 0.252 e. The van der Waals surface area contributed by atoms with E-state index >= 15 is 0 Å². The zero-order valence-corrected chi connectivity index (χ0v) is 73.4. The van der Waals surface area contributed by atoms with Crippen LogP contribution in [0.4, 0.5) is 34.1 Å². The van der Waals surface area contributed by atoms with Crippen LogP contribution in [0.5, 0.6) is 0 Å². The van der Waals surface area contributed by atoms with Gasteiger partial charge in [0, 0.05) is 131 Å². The van der Waals surface area contributed by atoms with Gasteiger partial charge in [-0.3, -0.25) is 0 Å². The summed E-state index contributed by atoms with van der Waals surface area (Å²) in [6.07, 6.45) is 0. The van der Waals surface area contributed by atoms with Gasteiger partial charge in [0.05, 0.1) is 63.7 Å². The summed E-state index contributed by atoms with van der Waals surface area (Å²) in [6, 6.07) is 135. The third kappa shape index (κ3) is 11.6. The molecule has 0 saturated heterocycles. The number of hydrogen-bond donors (Lipinski definition) is 0. The van der Waals surface area contributed by atoms with Gasteiger partial charge in [-0.25, -0.2) is 0 Å². The van der Waals surface area contributed by atoms with Crippen molar-refractivity contribution >= 4 is 176 Å². The molecule has 19 aromatic carbocycles. The molecule has 0 amide bonds. The van der Waals surface area contributed by atoms with Crippen molar-refractivity contribution in [3.05, 3.63) is 430 Å². The molecule has 0 aliphatic carbocycles. The van der Waals surface area contributed by atoms with Gasteiger partial charge in [-0.15, -0.1) is 11.3 Å². The predicted octanol–water partition coefficient (Wildman–Crippen LogP) is 31.5. The van der Waals surface area contributed by atoms with Gasteiger partial charge in [-0.05, 0) is 223 Å². The number of hydrogen-bond acceptors (Lipinski definition) is 3. The molecule has 614 valence electrons. The van der Waals surface area contributed by atoms with Crippen LogP contribution in [0.2, 0.25) is 0 Å². The van der Waals surface area contributed by atoms with Crippen molar-refractivity contribution < 1.29 is 8.22 Å². The first-order chi connectivity index (χ1) is 66.3. The Balaban J connectivity index is 0.853. The first-order valence-electron chi connectivity index (χ1n) is 47.9. The summed E-state index contributed by atoms with van der Waals surface area (Å²) >= 11 is 1.77. The van der Waals surface area contributed by atoms with Crippen LogP contribution in [0.3, 0.4) is 0 Å². The second kappa shape index (κ2) is 28.9. The quantitative estimate of drug-likeness (QED) is 0.121. The van der Waals surface area contributed by atoms with E-state index in [9.17, 15) is 8.22 Å². The van der Waals surface area contributed by atoms with Crippen molar-refractivity contribution in [3.8, 4) is 78.4 Å². The normalized spacial score (nSPS) is 13.4. The van der Waals surface area contributed by atoms with E-state index in [1.807, 2.05) is 12.1 Å². The number of fused-ring (bicyclic) bond motifs is 19. The largest absolute Gasteiger partial charge is 0.310 e. The highest BCUT2D eigenvalue weighted by atomic mass is 32.1. The molecule has 0 radical (unpaired) electrons. The molecular formula is C122H87BN6S. The van der Waals surface area contributed by atoms with Gasteiger partial charge in [0.2, 0.25) is 0 Å². The number of rotatable bonds is 11. The zero-order valence-electron chi connectivity index (χ0n) is 78.5. The fourth-order valence-electron chi connectivity index (χ4n) is 21.3. The van der Waals surface area contributed by atoms with Crippen LogP contribution in [0, 0.1) is 0 Å². The third-order valence-electron chi connectivity index (χ3n) is 27.4. The number of thiophene rings is 1. The Bertz CT molecular complexity index is 8540. The van der Waals surface area contributed by atoms with E-state index in [1.165, 1.54) is 4.70 Å². The SMILES string of the molecule is [2H]c1c([2H])c(-n2c3ccccc3c3cc(-n4c5ccccc5c5ccccc54)ccc32)c([2H])c2c1B1c3c(cc(-c4ccc5sc6ccccc6c5c4)cc3N(c3c(-c4ccccc4)cc(C(C)(C)C)cc3-c3ccccc3)c3c([2H])c(-n4c5ccccc5c5cc(-n6c7ccccc7c7ccccc76)ccc54)c([2H])c([2H])c31)N2c1c(-c2ccccc2)cc(C(C)(C)C)cc1-c1ccccc1. The molecule has 7 heterocycles. The molecule has 26 rings (SSSR count). The molecule has 2 aliphatic rings. The Hall–Kier alpha value is -15.7. The van der Waals surface area contributed by atoms with E-state index in [0.29, 0.717) is 39.1 Å².